The Labute approximate surface area is 106 Å². The molecular weight excluding hydrogens is 214 g/mol. The summed E-state index contributed by atoms with van der Waals surface area (Å²) in [6, 6.07) is -0.00433. The van der Waals surface area contributed by atoms with Crippen molar-refractivity contribution in [3.05, 3.63) is 0 Å². The second kappa shape index (κ2) is 7.70. The van der Waals surface area contributed by atoms with Crippen LogP contribution in [0.1, 0.15) is 52.4 Å². The van der Waals surface area contributed by atoms with Crippen molar-refractivity contribution in [1.82, 2.24) is 4.90 Å². The predicted molar refractivity (Wildman–Crippen MR) is 69.9 cm³/mol. The van der Waals surface area contributed by atoms with Crippen LogP contribution in [-0.2, 0) is 9.53 Å². The molecule has 0 spiro atoms. The topological polar surface area (TPSA) is 29.5 Å². The number of esters is 1. The molecular formula is C14H27NO2. The Bertz CT molecular complexity index is 230. The highest BCUT2D eigenvalue weighted by Crippen LogP contribution is 2.27. The Morgan fingerprint density at radius 1 is 1.35 bits per heavy atom. The van der Waals surface area contributed by atoms with E-state index in [1.807, 2.05) is 14.0 Å². The Morgan fingerprint density at radius 2 is 2.12 bits per heavy atom. The molecule has 0 aromatic heterocycles. The van der Waals surface area contributed by atoms with Gasteiger partial charge in [0.15, 0.2) is 0 Å². The zero-order valence-corrected chi connectivity index (χ0v) is 11.6. The Morgan fingerprint density at radius 3 is 2.76 bits per heavy atom. The summed E-state index contributed by atoms with van der Waals surface area (Å²) in [5.74, 6) is 0.683. The van der Waals surface area contributed by atoms with Gasteiger partial charge >= 0.3 is 5.97 Å². The number of piperidine rings is 1. The van der Waals surface area contributed by atoms with Gasteiger partial charge in [-0.25, -0.2) is 0 Å². The lowest BCUT2D eigenvalue weighted by molar-refractivity contribution is -0.151. The number of rotatable bonds is 6. The van der Waals surface area contributed by atoms with E-state index in [9.17, 15) is 4.79 Å². The molecule has 2 atom stereocenters. The maximum Gasteiger partial charge on any atom is 0.323 e. The molecule has 3 heteroatoms. The zero-order valence-electron chi connectivity index (χ0n) is 11.6. The Balaban J connectivity index is 2.39. The van der Waals surface area contributed by atoms with E-state index in [2.05, 4.69) is 11.8 Å². The van der Waals surface area contributed by atoms with Crippen molar-refractivity contribution in [2.45, 2.75) is 58.4 Å². The standard InChI is InChI=1S/C14H27NO2/c1-4-6-7-8-12-9-10-15(3)13(11-12)14(16)17-5-2/h12-13H,4-11H2,1-3H3. The first kappa shape index (κ1) is 14.5. The predicted octanol–water partition coefficient (Wildman–Crippen LogP) is 2.84. The molecule has 0 radical (unpaired) electrons. The van der Waals surface area contributed by atoms with Gasteiger partial charge in [0.2, 0.25) is 0 Å². The van der Waals surface area contributed by atoms with E-state index in [0.717, 1.165) is 13.0 Å². The van der Waals surface area contributed by atoms with Crippen molar-refractivity contribution in [3.63, 3.8) is 0 Å². The molecule has 0 aromatic rings. The van der Waals surface area contributed by atoms with E-state index in [0.29, 0.717) is 12.5 Å². The lowest BCUT2D eigenvalue weighted by atomic mass is 9.87. The summed E-state index contributed by atoms with van der Waals surface area (Å²) in [5, 5.41) is 0. The van der Waals surface area contributed by atoms with Gasteiger partial charge in [-0.05, 0) is 39.3 Å². The third-order valence-electron chi connectivity index (χ3n) is 3.75. The summed E-state index contributed by atoms with van der Waals surface area (Å²) in [6.07, 6.45) is 7.39. The SMILES string of the molecule is CCCCCC1CCN(C)C(C(=O)OCC)C1. The van der Waals surface area contributed by atoms with Crippen LogP contribution in [-0.4, -0.2) is 37.1 Å². The molecule has 1 fully saturated rings. The van der Waals surface area contributed by atoms with Crippen LogP contribution in [0, 0.1) is 5.92 Å². The van der Waals surface area contributed by atoms with Gasteiger partial charge in [-0.3, -0.25) is 9.69 Å². The minimum atomic E-state index is -0.0322. The van der Waals surface area contributed by atoms with Crippen LogP contribution in [0.2, 0.25) is 0 Å². The molecule has 0 bridgehead atoms. The molecule has 1 aliphatic heterocycles. The van der Waals surface area contributed by atoms with Gasteiger partial charge in [0.05, 0.1) is 6.61 Å². The molecule has 17 heavy (non-hydrogen) atoms. The minimum absolute atomic E-state index is 0.00433. The Hall–Kier alpha value is -0.570. The fourth-order valence-corrected chi connectivity index (χ4v) is 2.62. The van der Waals surface area contributed by atoms with Gasteiger partial charge < -0.3 is 4.74 Å². The molecule has 2 unspecified atom stereocenters. The van der Waals surface area contributed by atoms with Crippen LogP contribution in [0.4, 0.5) is 0 Å². The largest absolute Gasteiger partial charge is 0.465 e. The number of nitrogens with zero attached hydrogens (tertiary/aromatic N) is 1. The molecule has 1 rings (SSSR count). The van der Waals surface area contributed by atoms with E-state index in [1.54, 1.807) is 0 Å². The van der Waals surface area contributed by atoms with Crippen LogP contribution in [0.5, 0.6) is 0 Å². The van der Waals surface area contributed by atoms with E-state index >= 15 is 0 Å². The number of likely N-dealkylation sites (tertiary alicyclic amines) is 1. The summed E-state index contributed by atoms with van der Waals surface area (Å²) in [5.41, 5.74) is 0. The number of likely N-dealkylation sites (N-methyl/N-ethyl adjacent to an activating group) is 1. The zero-order chi connectivity index (χ0) is 12.7. The summed E-state index contributed by atoms with van der Waals surface area (Å²) >= 11 is 0. The lowest BCUT2D eigenvalue weighted by Gasteiger charge is -2.35. The number of carbonyl (C=O) groups is 1. The number of hydrogen-bond donors (Lipinski definition) is 0. The van der Waals surface area contributed by atoms with Crippen molar-refractivity contribution in [3.8, 4) is 0 Å². The molecule has 0 aromatic carbocycles. The summed E-state index contributed by atoms with van der Waals surface area (Å²) in [7, 11) is 2.03. The maximum atomic E-state index is 11.8. The van der Waals surface area contributed by atoms with Gasteiger partial charge in [0.25, 0.3) is 0 Å². The molecule has 0 amide bonds. The minimum Gasteiger partial charge on any atom is -0.465 e. The number of unbranched alkanes of at least 4 members (excludes halogenated alkanes) is 2. The van der Waals surface area contributed by atoms with Crippen LogP contribution >= 0.6 is 0 Å². The third kappa shape index (κ3) is 4.66. The lowest BCUT2D eigenvalue weighted by Crippen LogP contribution is -2.45. The highest BCUT2D eigenvalue weighted by atomic mass is 16.5. The van der Waals surface area contributed by atoms with Crippen molar-refractivity contribution in [2.24, 2.45) is 5.92 Å². The second-order valence-corrected chi connectivity index (χ2v) is 5.13. The fraction of sp³-hybridized carbons (Fsp3) is 0.929. The molecule has 1 heterocycles. The van der Waals surface area contributed by atoms with Gasteiger partial charge in [0.1, 0.15) is 6.04 Å². The first-order valence-electron chi connectivity index (χ1n) is 7.05. The molecule has 3 nitrogen and oxygen atoms in total. The average molecular weight is 241 g/mol. The molecule has 100 valence electrons. The van der Waals surface area contributed by atoms with Gasteiger partial charge in [-0.2, -0.15) is 0 Å². The average Bonchev–Trinajstić information content (AvgIpc) is 2.32. The molecule has 1 saturated heterocycles. The van der Waals surface area contributed by atoms with E-state index in [1.165, 1.54) is 32.1 Å². The third-order valence-corrected chi connectivity index (χ3v) is 3.75. The van der Waals surface area contributed by atoms with Crippen molar-refractivity contribution < 1.29 is 9.53 Å². The highest BCUT2D eigenvalue weighted by molar-refractivity contribution is 5.75. The number of ether oxygens (including phenoxy) is 1. The van der Waals surface area contributed by atoms with E-state index in [4.69, 9.17) is 4.74 Å². The first-order chi connectivity index (χ1) is 8.19. The van der Waals surface area contributed by atoms with Gasteiger partial charge in [0, 0.05) is 0 Å². The van der Waals surface area contributed by atoms with E-state index < -0.39 is 0 Å². The Kier molecular flexibility index (Phi) is 6.56. The second-order valence-electron chi connectivity index (χ2n) is 5.13. The smallest absolute Gasteiger partial charge is 0.323 e. The van der Waals surface area contributed by atoms with Crippen LogP contribution < -0.4 is 0 Å². The fourth-order valence-electron chi connectivity index (χ4n) is 2.62. The van der Waals surface area contributed by atoms with E-state index in [-0.39, 0.29) is 12.0 Å². The number of hydrogen-bond acceptors (Lipinski definition) is 3. The van der Waals surface area contributed by atoms with Crippen LogP contribution in [0.3, 0.4) is 0 Å². The monoisotopic (exact) mass is 241 g/mol. The quantitative estimate of drug-likeness (QED) is 0.529. The highest BCUT2D eigenvalue weighted by Gasteiger charge is 2.31. The maximum absolute atomic E-state index is 11.8. The van der Waals surface area contributed by atoms with Gasteiger partial charge in [-0.15, -0.1) is 0 Å². The van der Waals surface area contributed by atoms with Gasteiger partial charge in [-0.1, -0.05) is 32.6 Å². The normalized spacial score (nSPS) is 25.8. The molecule has 1 aliphatic rings. The number of carbonyl (C=O) groups excluding carboxylic acids is 1. The summed E-state index contributed by atoms with van der Waals surface area (Å²) in [6.45, 7) is 5.62. The summed E-state index contributed by atoms with van der Waals surface area (Å²) < 4.78 is 5.15. The first-order valence-corrected chi connectivity index (χ1v) is 7.05. The molecule has 0 saturated carbocycles. The molecule has 0 N–H and O–H groups in total. The van der Waals surface area contributed by atoms with Crippen molar-refractivity contribution in [2.75, 3.05) is 20.2 Å². The molecule has 0 aliphatic carbocycles. The van der Waals surface area contributed by atoms with Crippen molar-refractivity contribution in [1.29, 1.82) is 0 Å². The van der Waals surface area contributed by atoms with Crippen LogP contribution in [0.15, 0.2) is 0 Å². The van der Waals surface area contributed by atoms with Crippen molar-refractivity contribution >= 4 is 5.97 Å². The van der Waals surface area contributed by atoms with Crippen LogP contribution in [0.25, 0.3) is 0 Å². The summed E-state index contributed by atoms with van der Waals surface area (Å²) in [4.78, 5) is 14.0.